The molecule has 0 aliphatic rings. The lowest BCUT2D eigenvalue weighted by Gasteiger charge is -2.22. The van der Waals surface area contributed by atoms with Crippen molar-refractivity contribution < 1.29 is 33.6 Å². The maximum absolute atomic E-state index is 11.8. The number of carboxylic acid groups (broad SMARTS) is 1. The number of benzene rings is 1. The van der Waals surface area contributed by atoms with Gasteiger partial charge in [-0.15, -0.1) is 0 Å². The molecule has 1 rings (SSSR count). The van der Waals surface area contributed by atoms with Gasteiger partial charge < -0.3 is 29.4 Å². The van der Waals surface area contributed by atoms with Gasteiger partial charge >= 0.3 is 12.1 Å². The molecule has 1 atom stereocenters. The number of nitrogens with one attached hydrogen (secondary N) is 1. The van der Waals surface area contributed by atoms with Gasteiger partial charge in [0, 0.05) is 26.2 Å². The van der Waals surface area contributed by atoms with Crippen LogP contribution in [-0.4, -0.2) is 55.8 Å². The molecule has 1 aromatic carbocycles. The third-order valence-corrected chi connectivity index (χ3v) is 3.62. The predicted octanol–water partition coefficient (Wildman–Crippen LogP) is 3.55. The standard InChI is InChI=1S/C21H33NO7/c1-16(22-20(25)29-21(2,3)4)17-7-9-18(10-8-17)28-14-6-12-26-11-5-13-27-15-19(23)24/h7-10,16H,5-6,11-15H2,1-4H3,(H,22,25)(H,23,24). The summed E-state index contributed by atoms with van der Waals surface area (Å²) < 4.78 is 21.3. The van der Waals surface area contributed by atoms with Gasteiger partial charge in [-0.2, -0.15) is 0 Å². The molecule has 0 saturated heterocycles. The van der Waals surface area contributed by atoms with E-state index in [1.54, 1.807) is 0 Å². The fourth-order valence-electron chi connectivity index (χ4n) is 2.30. The third kappa shape index (κ3) is 12.7. The van der Waals surface area contributed by atoms with E-state index in [9.17, 15) is 9.59 Å². The molecule has 0 fully saturated rings. The molecule has 0 bridgehead atoms. The Morgan fingerprint density at radius 3 is 2.17 bits per heavy atom. The van der Waals surface area contributed by atoms with E-state index in [4.69, 9.17) is 24.1 Å². The maximum Gasteiger partial charge on any atom is 0.408 e. The Labute approximate surface area is 172 Å². The normalized spacial score (nSPS) is 12.3. The van der Waals surface area contributed by atoms with E-state index in [0.29, 0.717) is 32.8 Å². The van der Waals surface area contributed by atoms with Gasteiger partial charge in [0.15, 0.2) is 0 Å². The Kier molecular flexibility index (Phi) is 11.1. The Morgan fingerprint density at radius 2 is 1.59 bits per heavy atom. The minimum atomic E-state index is -0.968. The van der Waals surface area contributed by atoms with Crippen LogP contribution in [0, 0.1) is 0 Å². The average Bonchev–Trinajstić information content (AvgIpc) is 2.61. The molecule has 29 heavy (non-hydrogen) atoms. The number of alkyl carbamates (subject to hydrolysis) is 1. The Balaban J connectivity index is 2.16. The van der Waals surface area contributed by atoms with E-state index in [1.807, 2.05) is 52.0 Å². The van der Waals surface area contributed by atoms with Crippen molar-refractivity contribution >= 4 is 12.1 Å². The number of carbonyl (C=O) groups is 2. The van der Waals surface area contributed by atoms with E-state index in [1.165, 1.54) is 0 Å². The highest BCUT2D eigenvalue weighted by Crippen LogP contribution is 2.18. The zero-order valence-corrected chi connectivity index (χ0v) is 17.7. The first kappa shape index (κ1) is 24.7. The van der Waals surface area contributed by atoms with Crippen molar-refractivity contribution in [3.63, 3.8) is 0 Å². The number of carbonyl (C=O) groups excluding carboxylic acids is 1. The third-order valence-electron chi connectivity index (χ3n) is 3.62. The van der Waals surface area contributed by atoms with Crippen molar-refractivity contribution in [3.8, 4) is 5.75 Å². The van der Waals surface area contributed by atoms with Crippen molar-refractivity contribution in [1.29, 1.82) is 0 Å². The zero-order chi connectivity index (χ0) is 21.7. The van der Waals surface area contributed by atoms with Gasteiger partial charge in [0.05, 0.1) is 12.6 Å². The second-order valence-electron chi connectivity index (χ2n) is 7.55. The fourth-order valence-corrected chi connectivity index (χ4v) is 2.30. The summed E-state index contributed by atoms with van der Waals surface area (Å²) >= 11 is 0. The number of ether oxygens (including phenoxy) is 4. The van der Waals surface area contributed by atoms with E-state index in [2.05, 4.69) is 5.32 Å². The molecule has 1 aromatic rings. The highest BCUT2D eigenvalue weighted by atomic mass is 16.6. The van der Waals surface area contributed by atoms with Crippen LogP contribution in [0.4, 0.5) is 4.79 Å². The van der Waals surface area contributed by atoms with E-state index >= 15 is 0 Å². The minimum Gasteiger partial charge on any atom is -0.494 e. The predicted molar refractivity (Wildman–Crippen MR) is 108 cm³/mol. The molecular weight excluding hydrogens is 378 g/mol. The summed E-state index contributed by atoms with van der Waals surface area (Å²) in [7, 11) is 0. The SMILES string of the molecule is CC(NC(=O)OC(C)(C)C)c1ccc(OCCCOCCCOCC(=O)O)cc1. The Morgan fingerprint density at radius 1 is 1.00 bits per heavy atom. The molecule has 164 valence electrons. The van der Waals surface area contributed by atoms with E-state index in [0.717, 1.165) is 17.7 Å². The number of hydrogen-bond donors (Lipinski definition) is 2. The van der Waals surface area contributed by atoms with Crippen LogP contribution in [0.25, 0.3) is 0 Å². The van der Waals surface area contributed by atoms with Gasteiger partial charge in [-0.1, -0.05) is 12.1 Å². The molecule has 0 spiro atoms. The van der Waals surface area contributed by atoms with Crippen molar-refractivity contribution in [1.82, 2.24) is 5.32 Å². The fraction of sp³-hybridized carbons (Fsp3) is 0.619. The number of aliphatic carboxylic acids is 1. The van der Waals surface area contributed by atoms with Crippen molar-refractivity contribution in [2.45, 2.75) is 52.2 Å². The molecule has 0 radical (unpaired) electrons. The number of amides is 1. The van der Waals surface area contributed by atoms with Crippen LogP contribution in [0.5, 0.6) is 5.75 Å². The van der Waals surface area contributed by atoms with Crippen molar-refractivity contribution in [2.24, 2.45) is 0 Å². The summed E-state index contributed by atoms with van der Waals surface area (Å²) in [5.41, 5.74) is 0.427. The average molecular weight is 411 g/mol. The molecule has 0 aliphatic heterocycles. The lowest BCUT2D eigenvalue weighted by Crippen LogP contribution is -2.34. The second-order valence-corrected chi connectivity index (χ2v) is 7.55. The molecule has 0 aromatic heterocycles. The molecule has 8 heteroatoms. The van der Waals surface area contributed by atoms with Gasteiger partial charge in [0.1, 0.15) is 18.0 Å². The molecule has 0 saturated carbocycles. The topological polar surface area (TPSA) is 103 Å². The lowest BCUT2D eigenvalue weighted by atomic mass is 10.1. The summed E-state index contributed by atoms with van der Waals surface area (Å²) in [4.78, 5) is 22.1. The number of carboxylic acids is 1. The van der Waals surface area contributed by atoms with Crippen LogP contribution in [-0.2, 0) is 19.0 Å². The van der Waals surface area contributed by atoms with Gasteiger partial charge in [-0.3, -0.25) is 0 Å². The quantitative estimate of drug-likeness (QED) is 0.478. The van der Waals surface area contributed by atoms with E-state index < -0.39 is 17.7 Å². The number of hydrogen-bond acceptors (Lipinski definition) is 6. The van der Waals surface area contributed by atoms with Crippen molar-refractivity contribution in [2.75, 3.05) is 33.0 Å². The molecule has 1 amide bonds. The molecule has 8 nitrogen and oxygen atoms in total. The first-order chi connectivity index (χ1) is 13.7. The highest BCUT2D eigenvalue weighted by molar-refractivity contribution is 5.68. The first-order valence-corrected chi connectivity index (χ1v) is 9.77. The Hall–Kier alpha value is -2.32. The van der Waals surface area contributed by atoms with Crippen molar-refractivity contribution in [3.05, 3.63) is 29.8 Å². The van der Waals surface area contributed by atoms with Crippen LogP contribution >= 0.6 is 0 Å². The molecular formula is C21H33NO7. The smallest absolute Gasteiger partial charge is 0.408 e. The Bertz CT molecular complexity index is 610. The monoisotopic (exact) mass is 411 g/mol. The molecule has 2 N–H and O–H groups in total. The summed E-state index contributed by atoms with van der Waals surface area (Å²) in [5.74, 6) is -0.217. The van der Waals surface area contributed by atoms with Crippen LogP contribution < -0.4 is 10.1 Å². The largest absolute Gasteiger partial charge is 0.494 e. The van der Waals surface area contributed by atoms with Gasteiger partial charge in [-0.25, -0.2) is 9.59 Å². The molecule has 0 heterocycles. The highest BCUT2D eigenvalue weighted by Gasteiger charge is 2.18. The van der Waals surface area contributed by atoms with Crippen LogP contribution in [0.3, 0.4) is 0 Å². The van der Waals surface area contributed by atoms with E-state index in [-0.39, 0.29) is 12.6 Å². The summed E-state index contributed by atoms with van der Waals surface area (Å²) in [6, 6.07) is 7.37. The maximum atomic E-state index is 11.8. The molecule has 1 unspecified atom stereocenters. The van der Waals surface area contributed by atoms with Crippen LogP contribution in [0.15, 0.2) is 24.3 Å². The minimum absolute atomic E-state index is 0.174. The number of rotatable bonds is 13. The van der Waals surface area contributed by atoms with Gasteiger partial charge in [-0.05, 0) is 51.8 Å². The summed E-state index contributed by atoms with van der Waals surface area (Å²) in [6.07, 6.45) is 0.957. The second kappa shape index (κ2) is 13.0. The van der Waals surface area contributed by atoms with Crippen LogP contribution in [0.2, 0.25) is 0 Å². The first-order valence-electron chi connectivity index (χ1n) is 9.77. The lowest BCUT2D eigenvalue weighted by molar-refractivity contribution is -0.142. The van der Waals surface area contributed by atoms with Gasteiger partial charge in [0.2, 0.25) is 0 Å². The van der Waals surface area contributed by atoms with Gasteiger partial charge in [0.25, 0.3) is 0 Å². The molecule has 0 aliphatic carbocycles. The summed E-state index contributed by atoms with van der Waals surface area (Å²) in [6.45, 7) is 9.08. The summed E-state index contributed by atoms with van der Waals surface area (Å²) in [5, 5.41) is 11.2. The van der Waals surface area contributed by atoms with Crippen LogP contribution in [0.1, 0.15) is 52.1 Å². The zero-order valence-electron chi connectivity index (χ0n) is 17.7.